The van der Waals surface area contributed by atoms with Gasteiger partial charge in [0.25, 0.3) is 0 Å². The van der Waals surface area contributed by atoms with Crippen LogP contribution >= 0.6 is 0 Å². The number of carbonyl (C=O) groups excluding carboxylic acids is 1. The average molecular weight is 232 g/mol. The van der Waals surface area contributed by atoms with Crippen molar-refractivity contribution in [3.8, 4) is 0 Å². The summed E-state index contributed by atoms with van der Waals surface area (Å²) in [7, 11) is 0. The average Bonchev–Trinajstić information content (AvgIpc) is 2.86. The monoisotopic (exact) mass is 232 g/mol. The summed E-state index contributed by atoms with van der Waals surface area (Å²) in [5.41, 5.74) is 0. The van der Waals surface area contributed by atoms with Gasteiger partial charge in [0, 0.05) is 19.0 Å². The summed E-state index contributed by atoms with van der Waals surface area (Å²) in [6.07, 6.45) is 8.93. The Morgan fingerprint density at radius 3 is 3.12 bits per heavy atom. The molecule has 1 aliphatic heterocycles. The van der Waals surface area contributed by atoms with Gasteiger partial charge in [-0.2, -0.15) is 0 Å². The van der Waals surface area contributed by atoms with Crippen LogP contribution in [0.1, 0.15) is 25.1 Å². The standard InChI is InChI=1S/C12H16N4O/c17-12(10-4-2-1-3-5-10)15-6-7-16-9-13-14-11(16)8-15/h1-2,9-10H,3-8H2. The van der Waals surface area contributed by atoms with Gasteiger partial charge < -0.3 is 9.47 Å². The molecule has 5 heteroatoms. The molecule has 0 saturated carbocycles. The van der Waals surface area contributed by atoms with E-state index in [-0.39, 0.29) is 11.8 Å². The van der Waals surface area contributed by atoms with E-state index in [9.17, 15) is 4.79 Å². The van der Waals surface area contributed by atoms with Crippen LogP contribution in [0.3, 0.4) is 0 Å². The van der Waals surface area contributed by atoms with Gasteiger partial charge in [-0.1, -0.05) is 12.2 Å². The maximum atomic E-state index is 12.3. The molecule has 1 unspecified atom stereocenters. The summed E-state index contributed by atoms with van der Waals surface area (Å²) < 4.78 is 2.02. The molecular formula is C12H16N4O. The van der Waals surface area contributed by atoms with E-state index in [4.69, 9.17) is 0 Å². The number of fused-ring (bicyclic) bond motifs is 1. The zero-order valence-corrected chi connectivity index (χ0v) is 9.75. The highest BCUT2D eigenvalue weighted by Gasteiger charge is 2.27. The summed E-state index contributed by atoms with van der Waals surface area (Å²) in [5, 5.41) is 7.91. The maximum absolute atomic E-state index is 12.3. The van der Waals surface area contributed by atoms with Crippen LogP contribution in [0, 0.1) is 5.92 Å². The molecule has 0 saturated heterocycles. The minimum atomic E-state index is 0.175. The Morgan fingerprint density at radius 2 is 2.29 bits per heavy atom. The summed E-state index contributed by atoms with van der Waals surface area (Å²) in [4.78, 5) is 14.2. The largest absolute Gasteiger partial charge is 0.333 e. The minimum absolute atomic E-state index is 0.175. The van der Waals surface area contributed by atoms with Gasteiger partial charge in [-0.3, -0.25) is 4.79 Å². The Morgan fingerprint density at radius 1 is 1.35 bits per heavy atom. The van der Waals surface area contributed by atoms with Gasteiger partial charge in [0.05, 0.1) is 6.54 Å². The zero-order valence-electron chi connectivity index (χ0n) is 9.75. The molecular weight excluding hydrogens is 216 g/mol. The molecule has 0 radical (unpaired) electrons. The molecule has 1 amide bonds. The normalized spacial score (nSPS) is 23.5. The van der Waals surface area contributed by atoms with Gasteiger partial charge in [-0.25, -0.2) is 0 Å². The molecule has 0 fully saturated rings. The second kappa shape index (κ2) is 4.31. The minimum Gasteiger partial charge on any atom is -0.333 e. The first-order chi connectivity index (χ1) is 8.34. The number of amides is 1. The first-order valence-corrected chi connectivity index (χ1v) is 6.15. The predicted molar refractivity (Wildman–Crippen MR) is 61.9 cm³/mol. The lowest BCUT2D eigenvalue weighted by Gasteiger charge is -2.30. The van der Waals surface area contributed by atoms with Gasteiger partial charge in [0.15, 0.2) is 5.82 Å². The molecule has 0 spiro atoms. The Kier molecular flexibility index (Phi) is 2.66. The number of aromatic nitrogens is 3. The van der Waals surface area contributed by atoms with Crippen molar-refractivity contribution < 1.29 is 4.79 Å². The molecule has 0 aromatic carbocycles. The van der Waals surface area contributed by atoms with Gasteiger partial charge >= 0.3 is 0 Å². The van der Waals surface area contributed by atoms with E-state index >= 15 is 0 Å². The number of nitrogens with zero attached hydrogens (tertiary/aromatic N) is 4. The molecule has 1 aliphatic carbocycles. The smallest absolute Gasteiger partial charge is 0.226 e. The van der Waals surface area contributed by atoms with Gasteiger partial charge in [0.1, 0.15) is 6.33 Å². The third kappa shape index (κ3) is 1.97. The Balaban J connectivity index is 1.70. The molecule has 3 rings (SSSR count). The first kappa shape index (κ1) is 10.5. The van der Waals surface area contributed by atoms with E-state index in [0.717, 1.165) is 38.2 Å². The van der Waals surface area contributed by atoms with E-state index in [2.05, 4.69) is 22.3 Å². The molecule has 1 atom stereocenters. The van der Waals surface area contributed by atoms with E-state index < -0.39 is 0 Å². The third-order valence-corrected chi connectivity index (χ3v) is 3.57. The quantitative estimate of drug-likeness (QED) is 0.678. The van der Waals surface area contributed by atoms with Gasteiger partial charge in [-0.05, 0) is 19.3 Å². The molecule has 1 aromatic heterocycles. The first-order valence-electron chi connectivity index (χ1n) is 6.15. The molecule has 1 aromatic rings. The fourth-order valence-electron chi connectivity index (χ4n) is 2.53. The molecule has 5 nitrogen and oxygen atoms in total. The SMILES string of the molecule is O=C(C1CC=CCC1)N1CCn2cnnc2C1. The van der Waals surface area contributed by atoms with E-state index in [1.165, 1.54) is 0 Å². The van der Waals surface area contributed by atoms with E-state index in [0.29, 0.717) is 6.54 Å². The van der Waals surface area contributed by atoms with Gasteiger partial charge in [-0.15, -0.1) is 10.2 Å². The predicted octanol–water partition coefficient (Wildman–Crippen LogP) is 0.977. The van der Waals surface area contributed by atoms with Crippen LogP contribution in [0.15, 0.2) is 18.5 Å². The zero-order chi connectivity index (χ0) is 11.7. The van der Waals surface area contributed by atoms with Crippen molar-refractivity contribution in [1.82, 2.24) is 19.7 Å². The van der Waals surface area contributed by atoms with Crippen molar-refractivity contribution in [1.29, 1.82) is 0 Å². The van der Waals surface area contributed by atoms with Gasteiger partial charge in [0.2, 0.25) is 5.91 Å². The second-order valence-electron chi connectivity index (χ2n) is 4.68. The summed E-state index contributed by atoms with van der Waals surface area (Å²) >= 11 is 0. The van der Waals surface area contributed by atoms with Crippen molar-refractivity contribution >= 4 is 5.91 Å². The lowest BCUT2D eigenvalue weighted by Crippen LogP contribution is -2.41. The number of hydrogen-bond acceptors (Lipinski definition) is 3. The summed E-state index contributed by atoms with van der Waals surface area (Å²) in [5.74, 6) is 1.36. The third-order valence-electron chi connectivity index (χ3n) is 3.57. The Bertz CT molecular complexity index is 451. The molecule has 0 bridgehead atoms. The highest BCUT2D eigenvalue weighted by molar-refractivity contribution is 5.79. The number of carbonyl (C=O) groups is 1. The van der Waals surface area contributed by atoms with E-state index in [1.807, 2.05) is 9.47 Å². The topological polar surface area (TPSA) is 51.0 Å². The van der Waals surface area contributed by atoms with Crippen LogP contribution in [0.5, 0.6) is 0 Å². The van der Waals surface area contributed by atoms with Crippen molar-refractivity contribution in [2.75, 3.05) is 6.54 Å². The van der Waals surface area contributed by atoms with Crippen LogP contribution in [0.25, 0.3) is 0 Å². The lowest BCUT2D eigenvalue weighted by atomic mass is 9.93. The highest BCUT2D eigenvalue weighted by Crippen LogP contribution is 2.22. The fourth-order valence-corrected chi connectivity index (χ4v) is 2.53. The number of allylic oxidation sites excluding steroid dienone is 2. The van der Waals surface area contributed by atoms with Crippen molar-refractivity contribution in [2.24, 2.45) is 5.92 Å². The molecule has 2 aliphatic rings. The van der Waals surface area contributed by atoms with Crippen LogP contribution in [-0.2, 0) is 17.9 Å². The number of rotatable bonds is 1. The summed E-state index contributed by atoms with van der Waals surface area (Å²) in [6, 6.07) is 0. The lowest BCUT2D eigenvalue weighted by molar-refractivity contribution is -0.137. The molecule has 17 heavy (non-hydrogen) atoms. The molecule has 2 heterocycles. The van der Waals surface area contributed by atoms with E-state index in [1.54, 1.807) is 6.33 Å². The van der Waals surface area contributed by atoms with Crippen molar-refractivity contribution in [2.45, 2.75) is 32.4 Å². The maximum Gasteiger partial charge on any atom is 0.226 e. The Labute approximate surface area is 100 Å². The van der Waals surface area contributed by atoms with Crippen LogP contribution < -0.4 is 0 Å². The van der Waals surface area contributed by atoms with Crippen LogP contribution in [-0.4, -0.2) is 32.1 Å². The molecule has 90 valence electrons. The second-order valence-corrected chi connectivity index (χ2v) is 4.68. The summed E-state index contributed by atoms with van der Waals surface area (Å²) in [6.45, 7) is 2.21. The van der Waals surface area contributed by atoms with Crippen LogP contribution in [0.2, 0.25) is 0 Å². The van der Waals surface area contributed by atoms with Crippen LogP contribution in [0.4, 0.5) is 0 Å². The van der Waals surface area contributed by atoms with Crippen molar-refractivity contribution in [3.63, 3.8) is 0 Å². The Hall–Kier alpha value is -1.65. The molecule has 0 N–H and O–H groups in total. The van der Waals surface area contributed by atoms with Crippen molar-refractivity contribution in [3.05, 3.63) is 24.3 Å². The fraction of sp³-hybridized carbons (Fsp3) is 0.583. The highest BCUT2D eigenvalue weighted by atomic mass is 16.2. The number of hydrogen-bond donors (Lipinski definition) is 0.